The van der Waals surface area contributed by atoms with E-state index in [1.165, 1.54) is 0 Å². The normalized spacial score (nSPS) is 21.2. The molecule has 1 aromatic carbocycles. The van der Waals surface area contributed by atoms with E-state index in [0.717, 1.165) is 48.3 Å². The number of pyridine rings is 1. The van der Waals surface area contributed by atoms with Gasteiger partial charge in [-0.25, -0.2) is 4.98 Å². The van der Waals surface area contributed by atoms with Crippen molar-refractivity contribution in [1.82, 2.24) is 10.3 Å². The fourth-order valence-electron chi connectivity index (χ4n) is 2.78. The van der Waals surface area contributed by atoms with Crippen LogP contribution in [0.1, 0.15) is 25.5 Å². The van der Waals surface area contributed by atoms with Crippen molar-refractivity contribution in [2.75, 3.05) is 13.7 Å². The number of hydrogen-bond acceptors (Lipinski definition) is 4. The average molecular weight is 286 g/mol. The Balaban J connectivity index is 1.63. The van der Waals surface area contributed by atoms with E-state index >= 15 is 0 Å². The molecule has 1 fully saturated rings. The molecule has 1 N–H and O–H groups in total. The Labute approximate surface area is 125 Å². The molecule has 0 bridgehead atoms. The summed E-state index contributed by atoms with van der Waals surface area (Å²) in [6.45, 7) is 3.65. The van der Waals surface area contributed by atoms with Crippen LogP contribution in [0.2, 0.25) is 0 Å². The molecule has 2 aromatic rings. The smallest absolute Gasteiger partial charge is 0.145 e. The van der Waals surface area contributed by atoms with E-state index in [-0.39, 0.29) is 0 Å². The molecule has 0 spiro atoms. The molecule has 1 saturated carbocycles. The number of nitrogens with zero attached hydrogens (tertiary/aromatic N) is 1. The van der Waals surface area contributed by atoms with Crippen molar-refractivity contribution in [1.29, 1.82) is 0 Å². The second-order valence-electron chi connectivity index (χ2n) is 5.46. The van der Waals surface area contributed by atoms with Gasteiger partial charge in [-0.05, 0) is 31.9 Å². The third kappa shape index (κ3) is 3.17. The van der Waals surface area contributed by atoms with E-state index in [4.69, 9.17) is 14.5 Å². The van der Waals surface area contributed by atoms with E-state index in [1.54, 1.807) is 7.11 Å². The van der Waals surface area contributed by atoms with Crippen LogP contribution >= 0.6 is 0 Å². The summed E-state index contributed by atoms with van der Waals surface area (Å²) in [5.41, 5.74) is 1.98. The van der Waals surface area contributed by atoms with Crippen molar-refractivity contribution in [3.05, 3.63) is 36.0 Å². The maximum Gasteiger partial charge on any atom is 0.145 e. The predicted molar refractivity (Wildman–Crippen MR) is 83.6 cm³/mol. The van der Waals surface area contributed by atoms with Gasteiger partial charge in [-0.3, -0.25) is 0 Å². The highest BCUT2D eigenvalue weighted by molar-refractivity contribution is 5.84. The van der Waals surface area contributed by atoms with Crippen molar-refractivity contribution in [2.45, 2.75) is 38.5 Å². The number of benzene rings is 1. The Kier molecular flexibility index (Phi) is 4.36. The van der Waals surface area contributed by atoms with Crippen molar-refractivity contribution < 1.29 is 9.47 Å². The topological polar surface area (TPSA) is 43.4 Å². The fourth-order valence-corrected chi connectivity index (χ4v) is 2.78. The molecule has 0 unspecified atom stereocenters. The van der Waals surface area contributed by atoms with Gasteiger partial charge in [0.15, 0.2) is 0 Å². The highest BCUT2D eigenvalue weighted by Gasteiger charge is 2.28. The number of para-hydroxylation sites is 1. The van der Waals surface area contributed by atoms with Crippen molar-refractivity contribution in [3.63, 3.8) is 0 Å². The van der Waals surface area contributed by atoms with Gasteiger partial charge in [-0.2, -0.15) is 0 Å². The van der Waals surface area contributed by atoms with Crippen LogP contribution in [0.4, 0.5) is 0 Å². The summed E-state index contributed by atoms with van der Waals surface area (Å²) in [6.07, 6.45) is 2.65. The van der Waals surface area contributed by atoms with E-state index in [1.807, 2.05) is 19.1 Å². The van der Waals surface area contributed by atoms with Gasteiger partial charge >= 0.3 is 0 Å². The summed E-state index contributed by atoms with van der Waals surface area (Å²) in [5.74, 6) is 0.828. The zero-order valence-electron chi connectivity index (χ0n) is 12.6. The summed E-state index contributed by atoms with van der Waals surface area (Å²) in [4.78, 5) is 4.71. The Morgan fingerprint density at radius 2 is 2.10 bits per heavy atom. The lowest BCUT2D eigenvalue weighted by molar-refractivity contribution is -0.0103. The lowest BCUT2D eigenvalue weighted by Gasteiger charge is -2.35. The number of nitrogens with one attached hydrogen (secondary N) is 1. The Morgan fingerprint density at radius 3 is 2.86 bits per heavy atom. The van der Waals surface area contributed by atoms with Crippen molar-refractivity contribution in [3.8, 4) is 5.75 Å². The maximum absolute atomic E-state index is 5.58. The fraction of sp³-hybridized carbons (Fsp3) is 0.471. The standard InChI is InChI=1S/C17H22N2O2/c1-3-21-15-9-14(10-15)18-11-13-8-7-12-5-4-6-16(20-2)17(12)19-13/h4-8,14-15,18H,3,9-11H2,1-2H3. The molecule has 1 aliphatic carbocycles. The van der Waals surface area contributed by atoms with E-state index in [2.05, 4.69) is 23.5 Å². The Bertz CT molecular complexity index is 609. The zero-order valence-corrected chi connectivity index (χ0v) is 12.6. The van der Waals surface area contributed by atoms with Gasteiger partial charge in [-0.1, -0.05) is 18.2 Å². The van der Waals surface area contributed by atoms with Gasteiger partial charge < -0.3 is 14.8 Å². The van der Waals surface area contributed by atoms with Gasteiger partial charge in [0.1, 0.15) is 11.3 Å². The first kappa shape index (κ1) is 14.3. The molecule has 0 radical (unpaired) electrons. The first-order chi connectivity index (χ1) is 10.3. The third-order valence-corrected chi connectivity index (χ3v) is 4.03. The first-order valence-electron chi connectivity index (χ1n) is 7.57. The second-order valence-corrected chi connectivity index (χ2v) is 5.46. The van der Waals surface area contributed by atoms with Gasteiger partial charge in [0.05, 0.1) is 18.9 Å². The maximum atomic E-state index is 5.58. The number of fused-ring (bicyclic) bond motifs is 1. The third-order valence-electron chi connectivity index (χ3n) is 4.03. The van der Waals surface area contributed by atoms with Crippen LogP contribution in [0.3, 0.4) is 0 Å². The molecule has 0 saturated heterocycles. The van der Waals surface area contributed by atoms with Gasteiger partial charge in [0.25, 0.3) is 0 Å². The van der Waals surface area contributed by atoms with Crippen molar-refractivity contribution in [2.24, 2.45) is 0 Å². The molecule has 21 heavy (non-hydrogen) atoms. The molecule has 1 heterocycles. The largest absolute Gasteiger partial charge is 0.494 e. The molecule has 4 heteroatoms. The number of hydrogen-bond donors (Lipinski definition) is 1. The molecule has 4 nitrogen and oxygen atoms in total. The van der Waals surface area contributed by atoms with Crippen LogP contribution in [-0.2, 0) is 11.3 Å². The molecular formula is C17H22N2O2. The highest BCUT2D eigenvalue weighted by Crippen LogP contribution is 2.25. The quantitative estimate of drug-likeness (QED) is 0.886. The van der Waals surface area contributed by atoms with E-state index in [9.17, 15) is 0 Å². The van der Waals surface area contributed by atoms with Crippen LogP contribution in [0.15, 0.2) is 30.3 Å². The van der Waals surface area contributed by atoms with Crippen LogP contribution in [0.5, 0.6) is 5.75 Å². The lowest BCUT2D eigenvalue weighted by atomic mass is 9.89. The van der Waals surface area contributed by atoms with E-state index in [0.29, 0.717) is 12.1 Å². The first-order valence-corrected chi connectivity index (χ1v) is 7.57. The summed E-state index contributed by atoms with van der Waals surface area (Å²) < 4.78 is 11.0. The van der Waals surface area contributed by atoms with E-state index < -0.39 is 0 Å². The monoisotopic (exact) mass is 286 g/mol. The van der Waals surface area contributed by atoms with Crippen LogP contribution in [0.25, 0.3) is 10.9 Å². The number of aromatic nitrogens is 1. The molecular weight excluding hydrogens is 264 g/mol. The number of rotatable bonds is 6. The number of ether oxygens (including phenoxy) is 2. The average Bonchev–Trinajstić information content (AvgIpc) is 2.48. The SMILES string of the molecule is CCOC1CC(NCc2ccc3cccc(OC)c3n2)C1. The Morgan fingerprint density at radius 1 is 1.24 bits per heavy atom. The lowest BCUT2D eigenvalue weighted by Crippen LogP contribution is -2.45. The van der Waals surface area contributed by atoms with Gasteiger partial charge in [-0.15, -0.1) is 0 Å². The highest BCUT2D eigenvalue weighted by atomic mass is 16.5. The minimum atomic E-state index is 0.442. The minimum Gasteiger partial charge on any atom is -0.494 e. The van der Waals surface area contributed by atoms with Crippen LogP contribution in [0, 0.1) is 0 Å². The molecule has 112 valence electrons. The number of methoxy groups -OCH3 is 1. The second kappa shape index (κ2) is 6.41. The Hall–Kier alpha value is -1.65. The molecule has 1 aliphatic rings. The molecule has 0 amide bonds. The van der Waals surface area contributed by atoms with Crippen molar-refractivity contribution >= 4 is 10.9 Å². The summed E-state index contributed by atoms with van der Waals surface area (Å²) in [5, 5.41) is 4.65. The molecule has 0 aliphatic heterocycles. The molecule has 3 rings (SSSR count). The summed E-state index contributed by atoms with van der Waals surface area (Å²) >= 11 is 0. The summed E-state index contributed by atoms with van der Waals surface area (Å²) in [7, 11) is 1.68. The molecule has 0 atom stereocenters. The molecule has 1 aromatic heterocycles. The summed E-state index contributed by atoms with van der Waals surface area (Å²) in [6, 6.07) is 10.7. The predicted octanol–water partition coefficient (Wildman–Crippen LogP) is 2.90. The van der Waals surface area contributed by atoms with Gasteiger partial charge in [0.2, 0.25) is 0 Å². The van der Waals surface area contributed by atoms with Gasteiger partial charge in [0, 0.05) is 24.6 Å². The zero-order chi connectivity index (χ0) is 14.7. The van der Waals surface area contributed by atoms with Crippen LogP contribution in [-0.4, -0.2) is 30.8 Å². The minimum absolute atomic E-state index is 0.442. The van der Waals surface area contributed by atoms with Crippen LogP contribution < -0.4 is 10.1 Å².